The molecule has 3 rings (SSSR count). The Bertz CT molecular complexity index is 697. The molecule has 0 saturated heterocycles. The molecule has 1 aromatic carbocycles. The zero-order valence-electron chi connectivity index (χ0n) is 14.5. The highest BCUT2D eigenvalue weighted by atomic mass is 16.5. The number of hydrogen-bond donors (Lipinski definition) is 1. The molecular formula is C18H23NO5. The minimum absolute atomic E-state index is 0.0622. The van der Waals surface area contributed by atoms with E-state index in [0.717, 1.165) is 17.5 Å². The maximum Gasteiger partial charge on any atom is 0.307 e. The van der Waals surface area contributed by atoms with E-state index in [1.54, 1.807) is 19.1 Å². The van der Waals surface area contributed by atoms with Gasteiger partial charge in [-0.05, 0) is 35.1 Å². The number of amides is 1. The van der Waals surface area contributed by atoms with E-state index < -0.39 is 23.2 Å². The predicted molar refractivity (Wildman–Crippen MR) is 87.1 cm³/mol. The van der Waals surface area contributed by atoms with Crippen molar-refractivity contribution in [1.29, 1.82) is 0 Å². The van der Waals surface area contributed by atoms with Crippen molar-refractivity contribution < 1.29 is 24.2 Å². The Kier molecular flexibility index (Phi) is 3.94. The van der Waals surface area contributed by atoms with E-state index in [9.17, 15) is 14.7 Å². The molecule has 1 saturated carbocycles. The van der Waals surface area contributed by atoms with Crippen molar-refractivity contribution in [1.82, 2.24) is 4.90 Å². The molecule has 1 aliphatic heterocycles. The summed E-state index contributed by atoms with van der Waals surface area (Å²) in [5.74, 6) is -0.644. The van der Waals surface area contributed by atoms with Crippen LogP contribution in [0.5, 0.6) is 11.5 Å². The molecule has 0 aromatic heterocycles. The number of carbonyl (C=O) groups is 2. The summed E-state index contributed by atoms with van der Waals surface area (Å²) in [5, 5.41) is 9.29. The normalized spacial score (nSPS) is 24.1. The van der Waals surface area contributed by atoms with Crippen molar-refractivity contribution in [3.05, 3.63) is 23.3 Å². The van der Waals surface area contributed by atoms with Crippen LogP contribution in [-0.2, 0) is 22.6 Å². The summed E-state index contributed by atoms with van der Waals surface area (Å²) in [5.41, 5.74) is 1.69. The number of methoxy groups -OCH3 is 2. The van der Waals surface area contributed by atoms with Crippen molar-refractivity contribution in [3.63, 3.8) is 0 Å². The second-order valence-corrected chi connectivity index (χ2v) is 7.10. The van der Waals surface area contributed by atoms with Gasteiger partial charge in [0.15, 0.2) is 11.5 Å². The lowest BCUT2D eigenvalue weighted by Gasteiger charge is -2.30. The minimum atomic E-state index is -0.887. The molecule has 2 atom stereocenters. The highest BCUT2D eigenvalue weighted by Gasteiger charge is 2.66. The minimum Gasteiger partial charge on any atom is -0.493 e. The van der Waals surface area contributed by atoms with E-state index in [0.29, 0.717) is 24.6 Å². The number of carboxylic acid groups (broad SMARTS) is 1. The Morgan fingerprint density at radius 3 is 2.21 bits per heavy atom. The van der Waals surface area contributed by atoms with E-state index in [1.165, 1.54) is 0 Å². The monoisotopic (exact) mass is 333 g/mol. The number of aliphatic carboxylic acids is 1. The number of fused-ring (bicyclic) bond motifs is 1. The molecule has 6 nitrogen and oxygen atoms in total. The maximum absolute atomic E-state index is 12.8. The zero-order chi connectivity index (χ0) is 17.6. The van der Waals surface area contributed by atoms with Crippen LogP contribution in [0.3, 0.4) is 0 Å². The molecule has 0 bridgehead atoms. The smallest absolute Gasteiger partial charge is 0.307 e. The number of nitrogens with zero attached hydrogens (tertiary/aromatic N) is 1. The van der Waals surface area contributed by atoms with Crippen LogP contribution in [0, 0.1) is 17.3 Å². The first-order valence-corrected chi connectivity index (χ1v) is 8.06. The SMILES string of the molecule is COc1cc2c(cc1OC)CN(C(=O)[C@@H]1[C@H](C(=O)O)C1(C)C)CC2. The number of rotatable bonds is 4. The van der Waals surface area contributed by atoms with Gasteiger partial charge in [-0.2, -0.15) is 0 Å². The van der Waals surface area contributed by atoms with Gasteiger partial charge in [-0.1, -0.05) is 13.8 Å². The molecule has 0 radical (unpaired) electrons. The molecule has 130 valence electrons. The van der Waals surface area contributed by atoms with Crippen LogP contribution in [0.25, 0.3) is 0 Å². The molecule has 24 heavy (non-hydrogen) atoms. The Balaban J connectivity index is 1.80. The van der Waals surface area contributed by atoms with Crippen molar-refractivity contribution in [2.24, 2.45) is 17.3 Å². The number of carbonyl (C=O) groups excluding carboxylic acids is 1. The fraction of sp³-hybridized carbons (Fsp3) is 0.556. The standard InChI is InChI=1S/C18H23NO5/c1-18(2)14(15(18)17(21)22)16(20)19-6-5-10-7-12(23-3)13(24-4)8-11(10)9-19/h7-8,14-15H,5-6,9H2,1-4H3,(H,21,22)/t14-,15+/m0/s1. The largest absolute Gasteiger partial charge is 0.493 e. The summed E-state index contributed by atoms with van der Waals surface area (Å²) in [4.78, 5) is 25.9. The van der Waals surface area contributed by atoms with E-state index in [-0.39, 0.29) is 5.91 Å². The fourth-order valence-electron chi connectivity index (χ4n) is 3.83. The van der Waals surface area contributed by atoms with Gasteiger partial charge < -0.3 is 19.5 Å². The third-order valence-corrected chi connectivity index (χ3v) is 5.39. The average Bonchev–Trinajstić information content (AvgIpc) is 3.14. The van der Waals surface area contributed by atoms with E-state index >= 15 is 0 Å². The van der Waals surface area contributed by atoms with Gasteiger partial charge in [0.1, 0.15) is 0 Å². The first kappa shape index (κ1) is 16.6. The van der Waals surface area contributed by atoms with Crippen molar-refractivity contribution in [3.8, 4) is 11.5 Å². The van der Waals surface area contributed by atoms with Crippen LogP contribution in [0.1, 0.15) is 25.0 Å². The van der Waals surface area contributed by atoms with Crippen LogP contribution in [-0.4, -0.2) is 42.6 Å². The summed E-state index contributed by atoms with van der Waals surface area (Å²) in [6.45, 7) is 4.77. The molecule has 0 spiro atoms. The van der Waals surface area contributed by atoms with Crippen molar-refractivity contribution >= 4 is 11.9 Å². The first-order chi connectivity index (χ1) is 11.3. The fourth-order valence-corrected chi connectivity index (χ4v) is 3.83. The summed E-state index contributed by atoms with van der Waals surface area (Å²) in [6, 6.07) is 3.86. The quantitative estimate of drug-likeness (QED) is 0.911. The summed E-state index contributed by atoms with van der Waals surface area (Å²) in [7, 11) is 3.18. The van der Waals surface area contributed by atoms with Crippen LogP contribution < -0.4 is 9.47 Å². The first-order valence-electron chi connectivity index (χ1n) is 8.06. The Morgan fingerprint density at radius 1 is 1.12 bits per heavy atom. The topological polar surface area (TPSA) is 76.1 Å². The lowest BCUT2D eigenvalue weighted by Crippen LogP contribution is -2.38. The van der Waals surface area contributed by atoms with Gasteiger partial charge in [-0.15, -0.1) is 0 Å². The molecule has 1 aromatic rings. The van der Waals surface area contributed by atoms with Gasteiger partial charge in [-0.25, -0.2) is 0 Å². The zero-order valence-corrected chi connectivity index (χ0v) is 14.5. The van der Waals surface area contributed by atoms with Crippen molar-refractivity contribution in [2.45, 2.75) is 26.8 Å². The lowest BCUT2D eigenvalue weighted by atomic mass is 9.98. The van der Waals surface area contributed by atoms with Gasteiger partial charge in [-0.3, -0.25) is 9.59 Å². The van der Waals surface area contributed by atoms with E-state index in [4.69, 9.17) is 9.47 Å². The van der Waals surface area contributed by atoms with Gasteiger partial charge in [0.25, 0.3) is 0 Å². The maximum atomic E-state index is 12.8. The second-order valence-electron chi connectivity index (χ2n) is 7.10. The Hall–Kier alpha value is -2.24. The molecule has 1 heterocycles. The van der Waals surface area contributed by atoms with Gasteiger partial charge >= 0.3 is 5.97 Å². The lowest BCUT2D eigenvalue weighted by molar-refractivity contribution is -0.142. The third-order valence-electron chi connectivity index (χ3n) is 5.39. The predicted octanol–water partition coefficient (Wildman–Crippen LogP) is 1.95. The second kappa shape index (κ2) is 5.69. The number of hydrogen-bond acceptors (Lipinski definition) is 4. The molecular weight excluding hydrogens is 310 g/mol. The van der Waals surface area contributed by atoms with Crippen LogP contribution in [0.15, 0.2) is 12.1 Å². The van der Waals surface area contributed by atoms with Crippen molar-refractivity contribution in [2.75, 3.05) is 20.8 Å². The molecule has 1 aliphatic carbocycles. The van der Waals surface area contributed by atoms with Gasteiger partial charge in [0.2, 0.25) is 5.91 Å². The molecule has 2 aliphatic rings. The van der Waals surface area contributed by atoms with Crippen LogP contribution in [0.4, 0.5) is 0 Å². The molecule has 1 N–H and O–H groups in total. The Labute approximate surface area is 141 Å². The number of ether oxygens (including phenoxy) is 2. The number of benzene rings is 1. The molecule has 6 heteroatoms. The average molecular weight is 333 g/mol. The van der Waals surface area contributed by atoms with E-state index in [1.807, 2.05) is 26.0 Å². The Morgan fingerprint density at radius 2 is 1.71 bits per heavy atom. The van der Waals surface area contributed by atoms with Gasteiger partial charge in [0.05, 0.1) is 26.1 Å². The molecule has 0 unspecified atom stereocenters. The van der Waals surface area contributed by atoms with Crippen LogP contribution >= 0.6 is 0 Å². The number of carboxylic acids is 1. The third kappa shape index (κ3) is 2.50. The highest BCUT2D eigenvalue weighted by Crippen LogP contribution is 2.59. The van der Waals surface area contributed by atoms with Crippen LogP contribution in [0.2, 0.25) is 0 Å². The van der Waals surface area contributed by atoms with Gasteiger partial charge in [0, 0.05) is 13.1 Å². The summed E-state index contributed by atoms with van der Waals surface area (Å²) < 4.78 is 10.7. The van der Waals surface area contributed by atoms with E-state index in [2.05, 4.69) is 0 Å². The molecule has 1 amide bonds. The summed E-state index contributed by atoms with van der Waals surface area (Å²) in [6.07, 6.45) is 0.728. The molecule has 1 fully saturated rings. The highest BCUT2D eigenvalue weighted by molar-refractivity contribution is 5.91. The summed E-state index contributed by atoms with van der Waals surface area (Å²) >= 11 is 0.